The van der Waals surface area contributed by atoms with E-state index >= 15 is 0 Å². The lowest BCUT2D eigenvalue weighted by Gasteiger charge is -2.50. The maximum absolute atomic E-state index is 12.7. The summed E-state index contributed by atoms with van der Waals surface area (Å²) in [4.78, 5) is 38.6. The van der Waals surface area contributed by atoms with Crippen LogP contribution in [0.4, 0.5) is 4.79 Å². The Morgan fingerprint density at radius 2 is 2.04 bits per heavy atom. The van der Waals surface area contributed by atoms with Crippen LogP contribution in [0.25, 0.3) is 0 Å². The second kappa shape index (κ2) is 7.43. The normalized spacial score (nSPS) is 28.9. The van der Waals surface area contributed by atoms with Crippen LogP contribution in [0.5, 0.6) is 0 Å². The number of fused-ring (bicyclic) bond motifs is 1. The highest BCUT2D eigenvalue weighted by Crippen LogP contribution is 2.34. The van der Waals surface area contributed by atoms with Gasteiger partial charge in [-0.2, -0.15) is 0 Å². The van der Waals surface area contributed by atoms with E-state index in [1.54, 1.807) is 25.2 Å². The third-order valence-corrected chi connectivity index (χ3v) is 5.96. The molecule has 0 saturated carbocycles. The van der Waals surface area contributed by atoms with E-state index in [-0.39, 0.29) is 17.8 Å². The highest BCUT2D eigenvalue weighted by Gasteiger charge is 2.51. The van der Waals surface area contributed by atoms with Gasteiger partial charge in [-0.1, -0.05) is 23.7 Å². The first kappa shape index (κ1) is 19.0. The average molecular weight is 399 g/mol. The summed E-state index contributed by atoms with van der Waals surface area (Å²) in [5.41, 5.74) is 0.837. The molecule has 26 heavy (non-hydrogen) atoms. The number of carbonyl (C=O) groups is 3. The lowest BCUT2D eigenvalue weighted by Crippen LogP contribution is -2.72. The minimum Gasteiger partial charge on any atom is -0.481 e. The third kappa shape index (κ3) is 3.52. The summed E-state index contributed by atoms with van der Waals surface area (Å²) in [5.74, 6) is -2.07. The number of rotatable bonds is 4. The van der Waals surface area contributed by atoms with Crippen molar-refractivity contribution in [2.75, 3.05) is 19.8 Å². The standard InChI is InChI=1S/C16H19ClN4O4S/c1-20-13-11(15(24)21(2)16(20)25)14(26-7-10(22)23)19-12(18-13)8-4-3-5-9(17)6-8/h3-6,11-14,18-19H,7H2,1-2H3,(H,22,23). The Morgan fingerprint density at radius 1 is 1.31 bits per heavy atom. The first-order chi connectivity index (χ1) is 12.3. The van der Waals surface area contributed by atoms with Crippen molar-refractivity contribution >= 4 is 41.3 Å². The molecule has 2 fully saturated rings. The number of amides is 3. The first-order valence-corrected chi connectivity index (χ1v) is 9.37. The molecule has 10 heteroatoms. The lowest BCUT2D eigenvalue weighted by molar-refractivity contribution is -0.140. The molecule has 0 aromatic heterocycles. The number of imide groups is 1. The van der Waals surface area contributed by atoms with Gasteiger partial charge in [0.05, 0.1) is 29.4 Å². The van der Waals surface area contributed by atoms with Gasteiger partial charge in [0.25, 0.3) is 0 Å². The van der Waals surface area contributed by atoms with Gasteiger partial charge in [-0.15, -0.1) is 11.8 Å². The molecule has 1 aromatic carbocycles. The van der Waals surface area contributed by atoms with Gasteiger partial charge in [-0.05, 0) is 17.7 Å². The summed E-state index contributed by atoms with van der Waals surface area (Å²) in [7, 11) is 3.05. The number of hydrogen-bond donors (Lipinski definition) is 3. The van der Waals surface area contributed by atoms with E-state index < -0.39 is 29.5 Å². The highest BCUT2D eigenvalue weighted by molar-refractivity contribution is 8.00. The molecule has 0 radical (unpaired) electrons. The van der Waals surface area contributed by atoms with Crippen molar-refractivity contribution in [3.63, 3.8) is 0 Å². The van der Waals surface area contributed by atoms with Crippen LogP contribution in [0.3, 0.4) is 0 Å². The molecule has 3 rings (SSSR count). The van der Waals surface area contributed by atoms with Gasteiger partial charge < -0.3 is 10.0 Å². The molecule has 4 atom stereocenters. The summed E-state index contributed by atoms with van der Waals surface area (Å²) >= 11 is 7.20. The molecule has 3 amide bonds. The van der Waals surface area contributed by atoms with Crippen molar-refractivity contribution in [2.45, 2.75) is 17.7 Å². The van der Waals surface area contributed by atoms with E-state index in [9.17, 15) is 14.4 Å². The molecule has 0 aliphatic carbocycles. The zero-order valence-corrected chi connectivity index (χ0v) is 15.8. The van der Waals surface area contributed by atoms with E-state index in [1.807, 2.05) is 6.07 Å². The molecular weight excluding hydrogens is 380 g/mol. The zero-order chi connectivity index (χ0) is 19.0. The van der Waals surface area contributed by atoms with Crippen molar-refractivity contribution in [2.24, 2.45) is 5.92 Å². The Bertz CT molecular complexity index is 749. The van der Waals surface area contributed by atoms with Crippen LogP contribution in [0.2, 0.25) is 5.02 Å². The quantitative estimate of drug-likeness (QED) is 0.699. The summed E-state index contributed by atoms with van der Waals surface area (Å²) in [6, 6.07) is 6.80. The van der Waals surface area contributed by atoms with E-state index in [0.717, 1.165) is 22.2 Å². The number of carboxylic acids is 1. The lowest BCUT2D eigenvalue weighted by atomic mass is 9.96. The average Bonchev–Trinajstić information content (AvgIpc) is 2.62. The van der Waals surface area contributed by atoms with E-state index in [4.69, 9.17) is 16.7 Å². The van der Waals surface area contributed by atoms with Crippen LogP contribution in [-0.4, -0.2) is 64.2 Å². The van der Waals surface area contributed by atoms with Gasteiger partial charge in [-0.3, -0.25) is 25.1 Å². The Labute approximate surface area is 159 Å². The monoisotopic (exact) mass is 398 g/mol. The minimum absolute atomic E-state index is 0.155. The fourth-order valence-corrected chi connectivity index (χ4v) is 4.46. The molecule has 140 valence electrons. The van der Waals surface area contributed by atoms with Crippen LogP contribution in [0.15, 0.2) is 24.3 Å². The number of carbonyl (C=O) groups excluding carboxylic acids is 2. The largest absolute Gasteiger partial charge is 0.481 e. The van der Waals surface area contributed by atoms with Crippen LogP contribution >= 0.6 is 23.4 Å². The number of carboxylic acid groups (broad SMARTS) is 1. The number of aliphatic carboxylic acids is 1. The number of halogens is 1. The Balaban J connectivity index is 1.93. The molecule has 2 aliphatic rings. The number of benzene rings is 1. The fraction of sp³-hybridized carbons (Fsp3) is 0.438. The van der Waals surface area contributed by atoms with Gasteiger partial charge >= 0.3 is 12.0 Å². The summed E-state index contributed by atoms with van der Waals surface area (Å²) in [6.07, 6.45) is -0.935. The molecule has 2 saturated heterocycles. The predicted octanol–water partition coefficient (Wildman–Crippen LogP) is 1.14. The van der Waals surface area contributed by atoms with Crippen molar-refractivity contribution in [1.29, 1.82) is 0 Å². The molecule has 4 unspecified atom stereocenters. The van der Waals surface area contributed by atoms with Crippen molar-refractivity contribution < 1.29 is 19.5 Å². The number of nitrogens with one attached hydrogen (secondary N) is 2. The van der Waals surface area contributed by atoms with Gasteiger partial charge in [0.2, 0.25) is 5.91 Å². The second-order valence-corrected chi connectivity index (χ2v) is 7.77. The Morgan fingerprint density at radius 3 is 2.69 bits per heavy atom. The summed E-state index contributed by atoms with van der Waals surface area (Å²) in [5, 5.41) is 15.7. The van der Waals surface area contributed by atoms with Crippen molar-refractivity contribution in [3.05, 3.63) is 34.9 Å². The molecule has 0 bridgehead atoms. The van der Waals surface area contributed by atoms with Crippen LogP contribution in [-0.2, 0) is 9.59 Å². The topological polar surface area (TPSA) is 102 Å². The molecule has 2 heterocycles. The number of hydrogen-bond acceptors (Lipinski definition) is 6. The highest BCUT2D eigenvalue weighted by atomic mass is 35.5. The molecule has 3 N–H and O–H groups in total. The maximum atomic E-state index is 12.7. The van der Waals surface area contributed by atoms with Crippen molar-refractivity contribution in [1.82, 2.24) is 20.4 Å². The third-order valence-electron chi connectivity index (χ3n) is 4.52. The molecule has 8 nitrogen and oxygen atoms in total. The smallest absolute Gasteiger partial charge is 0.327 e. The molecule has 1 aromatic rings. The van der Waals surface area contributed by atoms with Gasteiger partial charge in [0.1, 0.15) is 0 Å². The number of urea groups is 1. The SMILES string of the molecule is CN1C(=O)C2C(SCC(=O)O)NC(c3cccc(Cl)c3)NC2N(C)C1=O. The van der Waals surface area contributed by atoms with E-state index in [0.29, 0.717) is 5.02 Å². The maximum Gasteiger partial charge on any atom is 0.327 e. The molecular formula is C16H19ClN4O4S. The van der Waals surface area contributed by atoms with Crippen LogP contribution < -0.4 is 10.6 Å². The summed E-state index contributed by atoms with van der Waals surface area (Å²) < 4.78 is 0. The first-order valence-electron chi connectivity index (χ1n) is 7.95. The molecule has 0 spiro atoms. The van der Waals surface area contributed by atoms with Crippen molar-refractivity contribution in [3.8, 4) is 0 Å². The van der Waals surface area contributed by atoms with Gasteiger partial charge in [0, 0.05) is 19.1 Å². The Hall–Kier alpha value is -1.81. The Kier molecular flexibility index (Phi) is 5.42. The number of thioether (sulfide) groups is 1. The predicted molar refractivity (Wildman–Crippen MR) is 97.6 cm³/mol. The second-order valence-electron chi connectivity index (χ2n) is 6.21. The van der Waals surface area contributed by atoms with Crippen LogP contribution in [0, 0.1) is 5.92 Å². The van der Waals surface area contributed by atoms with Gasteiger partial charge in [-0.25, -0.2) is 4.79 Å². The summed E-state index contributed by atoms with van der Waals surface area (Å²) in [6.45, 7) is 0. The molecule has 2 aliphatic heterocycles. The minimum atomic E-state index is -0.966. The van der Waals surface area contributed by atoms with Gasteiger partial charge in [0.15, 0.2) is 0 Å². The van der Waals surface area contributed by atoms with Crippen LogP contribution in [0.1, 0.15) is 11.7 Å². The van der Waals surface area contributed by atoms with E-state index in [2.05, 4.69) is 10.6 Å². The van der Waals surface area contributed by atoms with E-state index in [1.165, 1.54) is 11.9 Å². The fourth-order valence-electron chi connectivity index (χ4n) is 3.24. The number of nitrogens with zero attached hydrogens (tertiary/aromatic N) is 2. The zero-order valence-electron chi connectivity index (χ0n) is 14.2.